The van der Waals surface area contributed by atoms with Crippen LogP contribution in [0.1, 0.15) is 31.4 Å². The summed E-state index contributed by atoms with van der Waals surface area (Å²) in [5.74, 6) is 1.43. The third-order valence-electron chi connectivity index (χ3n) is 3.54. The van der Waals surface area contributed by atoms with Crippen LogP contribution in [0.5, 0.6) is 0 Å². The van der Waals surface area contributed by atoms with Crippen molar-refractivity contribution in [1.82, 2.24) is 0 Å². The van der Waals surface area contributed by atoms with E-state index < -0.39 is 0 Å². The van der Waals surface area contributed by atoms with Crippen LogP contribution in [-0.4, -0.2) is 13.1 Å². The first kappa shape index (κ1) is 12.0. The Morgan fingerprint density at radius 3 is 2.47 bits per heavy atom. The van der Waals surface area contributed by atoms with Gasteiger partial charge in [0.05, 0.1) is 11.3 Å². The molecule has 2 unspecified atom stereocenters. The van der Waals surface area contributed by atoms with E-state index in [4.69, 9.17) is 0 Å². The van der Waals surface area contributed by atoms with Crippen molar-refractivity contribution in [3.8, 4) is 6.07 Å². The second-order valence-corrected chi connectivity index (χ2v) is 5.43. The van der Waals surface area contributed by atoms with E-state index in [1.54, 1.807) is 0 Å². The molecule has 2 heteroatoms. The maximum Gasteiger partial charge on any atom is 0.101 e. The number of aryl methyl sites for hydroxylation is 1. The highest BCUT2D eigenvalue weighted by molar-refractivity contribution is 5.64. The predicted octanol–water partition coefficient (Wildman–Crippen LogP) is 3.35. The van der Waals surface area contributed by atoms with Crippen LogP contribution in [-0.2, 0) is 0 Å². The largest absolute Gasteiger partial charge is 0.370 e. The Kier molecular flexibility index (Phi) is 3.38. The molecular formula is C15H20N2. The first-order chi connectivity index (χ1) is 8.11. The maximum absolute atomic E-state index is 9.23. The van der Waals surface area contributed by atoms with Gasteiger partial charge in [0.15, 0.2) is 0 Å². The van der Waals surface area contributed by atoms with Crippen molar-refractivity contribution < 1.29 is 0 Å². The zero-order valence-corrected chi connectivity index (χ0v) is 10.9. The van der Waals surface area contributed by atoms with Crippen LogP contribution in [0.3, 0.4) is 0 Å². The molecule has 2 rings (SSSR count). The normalized spacial score (nSPS) is 24.5. The van der Waals surface area contributed by atoms with E-state index in [-0.39, 0.29) is 0 Å². The van der Waals surface area contributed by atoms with Crippen LogP contribution in [0.4, 0.5) is 5.69 Å². The van der Waals surface area contributed by atoms with Crippen LogP contribution in [0.2, 0.25) is 0 Å². The van der Waals surface area contributed by atoms with Gasteiger partial charge in [-0.1, -0.05) is 26.0 Å². The molecular weight excluding hydrogens is 208 g/mol. The molecule has 1 aliphatic heterocycles. The molecule has 0 aliphatic carbocycles. The summed E-state index contributed by atoms with van der Waals surface area (Å²) in [6.45, 7) is 8.84. The zero-order valence-electron chi connectivity index (χ0n) is 10.9. The van der Waals surface area contributed by atoms with Crippen LogP contribution >= 0.6 is 0 Å². The van der Waals surface area contributed by atoms with Crippen LogP contribution in [0, 0.1) is 30.1 Å². The number of para-hydroxylation sites is 1. The number of hydrogen-bond acceptors (Lipinski definition) is 2. The molecule has 1 aromatic rings. The molecule has 1 fully saturated rings. The number of nitrogens with zero attached hydrogens (tertiary/aromatic N) is 2. The molecule has 0 amide bonds. The topological polar surface area (TPSA) is 27.0 Å². The Labute approximate surface area is 104 Å². The maximum atomic E-state index is 9.23. The standard InChI is InChI=1S/C15H20N2/c1-11-7-12(2)10-17(9-11)15-13(3)5-4-6-14(15)8-16/h4-6,11-12H,7,9-10H2,1-3H3. The minimum absolute atomic E-state index is 0.713. The highest BCUT2D eigenvalue weighted by atomic mass is 15.1. The minimum Gasteiger partial charge on any atom is -0.370 e. The molecule has 2 nitrogen and oxygen atoms in total. The third kappa shape index (κ3) is 2.44. The molecule has 1 heterocycles. The molecule has 1 saturated heterocycles. The number of benzene rings is 1. The molecule has 2 atom stereocenters. The third-order valence-corrected chi connectivity index (χ3v) is 3.54. The van der Waals surface area contributed by atoms with Gasteiger partial charge in [-0.2, -0.15) is 5.26 Å². The predicted molar refractivity (Wildman–Crippen MR) is 71.1 cm³/mol. The first-order valence-electron chi connectivity index (χ1n) is 6.36. The molecule has 17 heavy (non-hydrogen) atoms. The van der Waals surface area contributed by atoms with Gasteiger partial charge in [0.25, 0.3) is 0 Å². The van der Waals surface area contributed by atoms with E-state index in [0.29, 0.717) is 11.8 Å². The summed E-state index contributed by atoms with van der Waals surface area (Å²) >= 11 is 0. The average Bonchev–Trinajstić information content (AvgIpc) is 2.27. The molecule has 0 N–H and O–H groups in total. The molecule has 0 radical (unpaired) electrons. The van der Waals surface area contributed by atoms with Gasteiger partial charge in [-0.05, 0) is 36.8 Å². The fraction of sp³-hybridized carbons (Fsp3) is 0.533. The fourth-order valence-electron chi connectivity index (χ4n) is 3.01. The van der Waals surface area contributed by atoms with Gasteiger partial charge in [-0.15, -0.1) is 0 Å². The Hall–Kier alpha value is -1.49. The second-order valence-electron chi connectivity index (χ2n) is 5.43. The number of piperidine rings is 1. The second kappa shape index (κ2) is 4.79. The number of nitriles is 1. The minimum atomic E-state index is 0.713. The Morgan fingerprint density at radius 1 is 1.24 bits per heavy atom. The van der Waals surface area contributed by atoms with Crippen molar-refractivity contribution >= 4 is 5.69 Å². The van der Waals surface area contributed by atoms with E-state index >= 15 is 0 Å². The van der Waals surface area contributed by atoms with E-state index in [2.05, 4.69) is 37.8 Å². The van der Waals surface area contributed by atoms with E-state index in [9.17, 15) is 5.26 Å². The van der Waals surface area contributed by atoms with Crippen LogP contribution in [0.15, 0.2) is 18.2 Å². The lowest BCUT2D eigenvalue weighted by Crippen LogP contribution is -2.39. The summed E-state index contributed by atoms with van der Waals surface area (Å²) in [7, 11) is 0. The van der Waals surface area contributed by atoms with Crippen molar-refractivity contribution in [2.24, 2.45) is 11.8 Å². The zero-order chi connectivity index (χ0) is 12.4. The average molecular weight is 228 g/mol. The van der Waals surface area contributed by atoms with Gasteiger partial charge in [-0.3, -0.25) is 0 Å². The number of hydrogen-bond donors (Lipinski definition) is 0. The lowest BCUT2D eigenvalue weighted by atomic mass is 9.90. The van der Waals surface area contributed by atoms with Crippen LogP contribution in [0.25, 0.3) is 0 Å². The Balaban J connectivity index is 2.36. The summed E-state index contributed by atoms with van der Waals surface area (Å²) in [6.07, 6.45) is 1.30. The van der Waals surface area contributed by atoms with E-state index in [1.165, 1.54) is 12.0 Å². The Morgan fingerprint density at radius 2 is 1.88 bits per heavy atom. The molecule has 0 saturated carbocycles. The summed E-state index contributed by atoms with van der Waals surface area (Å²) in [5.41, 5.74) is 3.17. The van der Waals surface area contributed by atoms with E-state index in [0.717, 1.165) is 24.3 Å². The molecule has 0 spiro atoms. The lowest BCUT2D eigenvalue weighted by molar-refractivity contribution is 0.356. The van der Waals surface area contributed by atoms with Gasteiger partial charge < -0.3 is 4.90 Å². The monoisotopic (exact) mass is 228 g/mol. The van der Waals surface area contributed by atoms with Gasteiger partial charge in [0.1, 0.15) is 6.07 Å². The smallest absolute Gasteiger partial charge is 0.101 e. The first-order valence-corrected chi connectivity index (χ1v) is 6.36. The number of anilines is 1. The summed E-state index contributed by atoms with van der Waals surface area (Å²) in [4.78, 5) is 2.40. The molecule has 1 aliphatic rings. The van der Waals surface area contributed by atoms with Crippen molar-refractivity contribution in [2.45, 2.75) is 27.2 Å². The van der Waals surface area contributed by atoms with Crippen molar-refractivity contribution in [3.05, 3.63) is 29.3 Å². The fourth-order valence-corrected chi connectivity index (χ4v) is 3.01. The molecule has 90 valence electrons. The van der Waals surface area contributed by atoms with Crippen molar-refractivity contribution in [2.75, 3.05) is 18.0 Å². The molecule has 0 aromatic heterocycles. The van der Waals surface area contributed by atoms with E-state index in [1.807, 2.05) is 12.1 Å². The van der Waals surface area contributed by atoms with Crippen LogP contribution < -0.4 is 4.90 Å². The number of rotatable bonds is 1. The Bertz CT molecular complexity index is 435. The summed E-state index contributed by atoms with van der Waals surface area (Å²) in [6, 6.07) is 8.31. The van der Waals surface area contributed by atoms with Gasteiger partial charge >= 0.3 is 0 Å². The summed E-state index contributed by atoms with van der Waals surface area (Å²) < 4.78 is 0. The highest BCUT2D eigenvalue weighted by Crippen LogP contribution is 2.30. The van der Waals surface area contributed by atoms with Crippen molar-refractivity contribution in [1.29, 1.82) is 5.26 Å². The van der Waals surface area contributed by atoms with Gasteiger partial charge in [0, 0.05) is 13.1 Å². The molecule has 0 bridgehead atoms. The quantitative estimate of drug-likeness (QED) is 0.737. The lowest BCUT2D eigenvalue weighted by Gasteiger charge is -2.37. The highest BCUT2D eigenvalue weighted by Gasteiger charge is 2.24. The van der Waals surface area contributed by atoms with Gasteiger partial charge in [-0.25, -0.2) is 0 Å². The van der Waals surface area contributed by atoms with Gasteiger partial charge in [0.2, 0.25) is 0 Å². The molecule has 1 aromatic carbocycles. The summed E-state index contributed by atoms with van der Waals surface area (Å²) in [5, 5.41) is 9.23. The SMILES string of the molecule is Cc1cccc(C#N)c1N1CC(C)CC(C)C1. The van der Waals surface area contributed by atoms with Crippen molar-refractivity contribution in [3.63, 3.8) is 0 Å².